The number of methoxy groups -OCH3 is 1. The molecule has 0 aliphatic heterocycles. The van der Waals surface area contributed by atoms with Gasteiger partial charge in [0.1, 0.15) is 5.75 Å². The van der Waals surface area contributed by atoms with Crippen molar-refractivity contribution >= 4 is 6.01 Å². The van der Waals surface area contributed by atoms with E-state index in [-0.39, 0.29) is 0 Å². The molecule has 0 radical (unpaired) electrons. The summed E-state index contributed by atoms with van der Waals surface area (Å²) < 4.78 is 10.4. The molecule has 23 heavy (non-hydrogen) atoms. The van der Waals surface area contributed by atoms with E-state index in [9.17, 15) is 0 Å². The highest BCUT2D eigenvalue weighted by atomic mass is 16.5. The molecule has 0 saturated carbocycles. The first kappa shape index (κ1) is 15.1. The fourth-order valence-electron chi connectivity index (χ4n) is 2.33. The Morgan fingerprint density at radius 3 is 2.70 bits per heavy atom. The molecule has 0 amide bonds. The topological polar surface area (TPSA) is 60.2 Å². The molecule has 3 aromatic rings. The molecule has 0 aliphatic rings. The number of nitrogens with zero attached hydrogens (tertiary/aromatic N) is 2. The molecule has 0 unspecified atom stereocenters. The zero-order valence-electron chi connectivity index (χ0n) is 13.2. The molecule has 0 aliphatic carbocycles. The number of rotatable bonds is 6. The second-order valence-electron chi connectivity index (χ2n) is 5.32. The lowest BCUT2D eigenvalue weighted by molar-refractivity contribution is 0.415. The molecule has 0 atom stereocenters. The van der Waals surface area contributed by atoms with E-state index in [4.69, 9.17) is 9.26 Å². The zero-order valence-corrected chi connectivity index (χ0v) is 13.2. The molecule has 5 heteroatoms. The Kier molecular flexibility index (Phi) is 4.57. The summed E-state index contributed by atoms with van der Waals surface area (Å²) in [6, 6.07) is 16.4. The predicted molar refractivity (Wildman–Crippen MR) is 89.7 cm³/mol. The summed E-state index contributed by atoms with van der Waals surface area (Å²) in [6.07, 6.45) is 0.905. The van der Waals surface area contributed by atoms with Crippen LogP contribution in [-0.2, 0) is 6.42 Å². The summed E-state index contributed by atoms with van der Waals surface area (Å²) >= 11 is 0. The SMILES string of the molecule is COc1ccc(-c2noc(NCCc3cccc(C)c3)n2)cc1. The van der Waals surface area contributed by atoms with E-state index in [0.29, 0.717) is 11.8 Å². The molecular formula is C18H19N3O2. The molecule has 0 fully saturated rings. The van der Waals surface area contributed by atoms with Crippen LogP contribution in [0.1, 0.15) is 11.1 Å². The smallest absolute Gasteiger partial charge is 0.321 e. The monoisotopic (exact) mass is 309 g/mol. The Morgan fingerprint density at radius 1 is 1.13 bits per heavy atom. The molecule has 2 aromatic carbocycles. The van der Waals surface area contributed by atoms with Gasteiger partial charge in [0, 0.05) is 12.1 Å². The minimum absolute atomic E-state index is 0.434. The summed E-state index contributed by atoms with van der Waals surface area (Å²) in [5, 5.41) is 7.15. The minimum atomic E-state index is 0.434. The fraction of sp³-hybridized carbons (Fsp3) is 0.222. The summed E-state index contributed by atoms with van der Waals surface area (Å²) in [7, 11) is 1.64. The molecule has 3 rings (SSSR count). The van der Waals surface area contributed by atoms with Crippen LogP contribution in [0.3, 0.4) is 0 Å². The lowest BCUT2D eigenvalue weighted by atomic mass is 10.1. The Balaban J connectivity index is 1.58. The Morgan fingerprint density at radius 2 is 1.96 bits per heavy atom. The molecule has 1 aromatic heterocycles. The third-order valence-corrected chi connectivity index (χ3v) is 3.55. The highest BCUT2D eigenvalue weighted by Crippen LogP contribution is 2.20. The number of anilines is 1. The largest absolute Gasteiger partial charge is 0.497 e. The third-order valence-electron chi connectivity index (χ3n) is 3.55. The maximum Gasteiger partial charge on any atom is 0.321 e. The summed E-state index contributed by atoms with van der Waals surface area (Å²) in [5.41, 5.74) is 3.44. The van der Waals surface area contributed by atoms with E-state index < -0.39 is 0 Å². The lowest BCUT2D eigenvalue weighted by Gasteiger charge is -2.02. The van der Waals surface area contributed by atoms with Crippen molar-refractivity contribution in [2.75, 3.05) is 19.0 Å². The number of benzene rings is 2. The van der Waals surface area contributed by atoms with Crippen LogP contribution in [-0.4, -0.2) is 23.8 Å². The van der Waals surface area contributed by atoms with Gasteiger partial charge in [0.15, 0.2) is 0 Å². The van der Waals surface area contributed by atoms with Gasteiger partial charge in [0.05, 0.1) is 7.11 Å². The summed E-state index contributed by atoms with van der Waals surface area (Å²) in [6.45, 7) is 2.84. The number of aryl methyl sites for hydroxylation is 1. The molecule has 0 spiro atoms. The van der Waals surface area contributed by atoms with E-state index in [1.165, 1.54) is 11.1 Å². The van der Waals surface area contributed by atoms with Crippen LogP contribution in [0.25, 0.3) is 11.4 Å². The van der Waals surface area contributed by atoms with Crippen LogP contribution in [0.2, 0.25) is 0 Å². The van der Waals surface area contributed by atoms with Crippen molar-refractivity contribution in [2.45, 2.75) is 13.3 Å². The highest BCUT2D eigenvalue weighted by molar-refractivity contribution is 5.56. The molecular weight excluding hydrogens is 290 g/mol. The Labute approximate surface area is 135 Å². The van der Waals surface area contributed by atoms with Gasteiger partial charge in [-0.05, 0) is 43.2 Å². The van der Waals surface area contributed by atoms with Crippen molar-refractivity contribution in [1.82, 2.24) is 10.1 Å². The molecule has 0 bridgehead atoms. The summed E-state index contributed by atoms with van der Waals surface area (Å²) in [4.78, 5) is 4.36. The van der Waals surface area contributed by atoms with E-state index in [1.54, 1.807) is 7.11 Å². The van der Waals surface area contributed by atoms with Gasteiger partial charge in [-0.3, -0.25) is 0 Å². The van der Waals surface area contributed by atoms with Crippen molar-refractivity contribution in [3.8, 4) is 17.1 Å². The lowest BCUT2D eigenvalue weighted by Crippen LogP contribution is -2.05. The van der Waals surface area contributed by atoms with Crippen molar-refractivity contribution in [1.29, 1.82) is 0 Å². The van der Waals surface area contributed by atoms with Crippen molar-refractivity contribution < 1.29 is 9.26 Å². The van der Waals surface area contributed by atoms with Crippen LogP contribution < -0.4 is 10.1 Å². The maximum atomic E-state index is 5.23. The predicted octanol–water partition coefficient (Wildman–Crippen LogP) is 3.71. The van der Waals surface area contributed by atoms with Gasteiger partial charge in [-0.1, -0.05) is 35.0 Å². The second kappa shape index (κ2) is 6.96. The average Bonchev–Trinajstić information content (AvgIpc) is 3.04. The maximum absolute atomic E-state index is 5.23. The van der Waals surface area contributed by atoms with Crippen molar-refractivity contribution in [2.24, 2.45) is 0 Å². The van der Waals surface area contributed by atoms with Gasteiger partial charge >= 0.3 is 6.01 Å². The Hall–Kier alpha value is -2.82. The number of ether oxygens (including phenoxy) is 1. The zero-order chi connectivity index (χ0) is 16.1. The van der Waals surface area contributed by atoms with Crippen LogP contribution in [0.4, 0.5) is 6.01 Å². The van der Waals surface area contributed by atoms with E-state index in [0.717, 1.165) is 24.3 Å². The third kappa shape index (κ3) is 3.88. The summed E-state index contributed by atoms with van der Waals surface area (Å²) in [5.74, 6) is 1.36. The normalized spacial score (nSPS) is 10.5. The molecule has 1 heterocycles. The number of nitrogens with one attached hydrogen (secondary N) is 1. The van der Waals surface area contributed by atoms with Gasteiger partial charge in [-0.2, -0.15) is 4.98 Å². The molecule has 5 nitrogen and oxygen atoms in total. The van der Waals surface area contributed by atoms with Crippen molar-refractivity contribution in [3.05, 3.63) is 59.7 Å². The quantitative estimate of drug-likeness (QED) is 0.752. The highest BCUT2D eigenvalue weighted by Gasteiger charge is 2.08. The fourth-order valence-corrected chi connectivity index (χ4v) is 2.33. The van der Waals surface area contributed by atoms with E-state index in [1.807, 2.05) is 24.3 Å². The number of hydrogen-bond donors (Lipinski definition) is 1. The standard InChI is InChI=1S/C18H19N3O2/c1-13-4-3-5-14(12-13)10-11-19-18-20-17(21-23-18)15-6-8-16(22-2)9-7-15/h3-9,12H,10-11H2,1-2H3,(H,19,20,21). The first-order chi connectivity index (χ1) is 11.2. The van der Waals surface area contributed by atoms with Gasteiger partial charge in [0.2, 0.25) is 5.82 Å². The first-order valence-corrected chi connectivity index (χ1v) is 7.52. The second-order valence-corrected chi connectivity index (χ2v) is 5.32. The van der Waals surface area contributed by atoms with Gasteiger partial charge in [0.25, 0.3) is 0 Å². The molecule has 0 saturated heterocycles. The minimum Gasteiger partial charge on any atom is -0.497 e. The van der Waals surface area contributed by atoms with Crippen LogP contribution in [0.5, 0.6) is 5.75 Å². The van der Waals surface area contributed by atoms with E-state index in [2.05, 4.69) is 46.6 Å². The van der Waals surface area contributed by atoms with E-state index >= 15 is 0 Å². The van der Waals surface area contributed by atoms with Gasteiger partial charge in [-0.25, -0.2) is 0 Å². The van der Waals surface area contributed by atoms with Crippen LogP contribution in [0.15, 0.2) is 53.1 Å². The average molecular weight is 309 g/mol. The van der Waals surface area contributed by atoms with Crippen molar-refractivity contribution in [3.63, 3.8) is 0 Å². The van der Waals surface area contributed by atoms with Gasteiger partial charge < -0.3 is 14.6 Å². The Bertz CT molecular complexity index is 766. The van der Waals surface area contributed by atoms with Gasteiger partial charge in [-0.15, -0.1) is 0 Å². The van der Waals surface area contributed by atoms with Crippen LogP contribution >= 0.6 is 0 Å². The molecule has 1 N–H and O–H groups in total. The first-order valence-electron chi connectivity index (χ1n) is 7.52. The van der Waals surface area contributed by atoms with Crippen LogP contribution in [0, 0.1) is 6.92 Å². The molecule has 118 valence electrons. The number of hydrogen-bond acceptors (Lipinski definition) is 5. The number of aromatic nitrogens is 2.